The maximum Gasteiger partial charge on any atom is 0.410 e. The van der Waals surface area contributed by atoms with Gasteiger partial charge >= 0.3 is 6.09 Å². The van der Waals surface area contributed by atoms with Crippen LogP contribution >= 0.6 is 0 Å². The lowest BCUT2D eigenvalue weighted by Gasteiger charge is -2.28. The van der Waals surface area contributed by atoms with Crippen LogP contribution in [0.3, 0.4) is 0 Å². The number of hydrogen-bond donors (Lipinski definition) is 2. The zero-order valence-electron chi connectivity index (χ0n) is 12.4. The van der Waals surface area contributed by atoms with Gasteiger partial charge in [0, 0.05) is 25.7 Å². The molecule has 0 aromatic heterocycles. The van der Waals surface area contributed by atoms with Crippen LogP contribution in [0.5, 0.6) is 0 Å². The average Bonchev–Trinajstić information content (AvgIpc) is 2.68. The van der Waals surface area contributed by atoms with E-state index < -0.39 is 15.6 Å². The van der Waals surface area contributed by atoms with Crippen LogP contribution in [0, 0.1) is 0 Å². The molecule has 1 unspecified atom stereocenters. The van der Waals surface area contributed by atoms with E-state index in [1.807, 2.05) is 20.8 Å². The van der Waals surface area contributed by atoms with Gasteiger partial charge < -0.3 is 15.0 Å². The number of rotatable bonds is 5. The third kappa shape index (κ3) is 6.53. The third-order valence-electron chi connectivity index (χ3n) is 2.95. The number of likely N-dealkylation sites (tertiary alicyclic amines) is 1. The van der Waals surface area contributed by atoms with Crippen LogP contribution in [-0.2, 0) is 14.8 Å². The predicted octanol–water partition coefficient (Wildman–Crippen LogP) is 0.264. The molecule has 1 atom stereocenters. The maximum absolute atomic E-state index is 12.0. The van der Waals surface area contributed by atoms with E-state index in [0.29, 0.717) is 13.1 Å². The predicted molar refractivity (Wildman–Crippen MR) is 76.8 cm³/mol. The number of nitrogens with two attached hydrogens (primary N) is 1. The van der Waals surface area contributed by atoms with Gasteiger partial charge in [0.05, 0.1) is 5.75 Å². The minimum Gasteiger partial charge on any atom is -0.444 e. The van der Waals surface area contributed by atoms with Crippen molar-refractivity contribution in [3.05, 3.63) is 0 Å². The van der Waals surface area contributed by atoms with E-state index in [1.165, 1.54) is 0 Å². The standard InChI is InChI=1S/C12H25N3O4S/c1-12(2,3)19-11(16)15-7-4-5-10(15)9-14-6-8-20(13,17)18/h10,14H,4-9H2,1-3H3,(H2,13,17,18). The van der Waals surface area contributed by atoms with Gasteiger partial charge in [0.2, 0.25) is 10.0 Å². The molecule has 1 amide bonds. The number of carbonyl (C=O) groups excluding carboxylic acids is 1. The number of ether oxygens (including phenoxy) is 1. The van der Waals surface area contributed by atoms with Crippen LogP contribution in [0.1, 0.15) is 33.6 Å². The fourth-order valence-electron chi connectivity index (χ4n) is 2.09. The van der Waals surface area contributed by atoms with Crippen LogP contribution in [0.2, 0.25) is 0 Å². The highest BCUT2D eigenvalue weighted by Crippen LogP contribution is 2.20. The Morgan fingerprint density at radius 3 is 2.65 bits per heavy atom. The number of hydrogen-bond acceptors (Lipinski definition) is 5. The van der Waals surface area contributed by atoms with Gasteiger partial charge in [-0.15, -0.1) is 0 Å². The van der Waals surface area contributed by atoms with Crippen molar-refractivity contribution in [3.8, 4) is 0 Å². The van der Waals surface area contributed by atoms with E-state index >= 15 is 0 Å². The Labute approximate surface area is 120 Å². The Balaban J connectivity index is 2.39. The molecule has 0 spiro atoms. The van der Waals surface area contributed by atoms with Gasteiger partial charge in [-0.1, -0.05) is 0 Å². The first-order valence-corrected chi connectivity index (χ1v) is 8.51. The molecule has 3 N–H and O–H groups in total. The molecular formula is C12H25N3O4S. The van der Waals surface area contributed by atoms with Crippen molar-refractivity contribution in [2.24, 2.45) is 5.14 Å². The average molecular weight is 307 g/mol. The molecule has 1 saturated heterocycles. The molecule has 8 heteroatoms. The Kier molecular flexibility index (Phi) is 5.79. The zero-order chi connectivity index (χ0) is 15.4. The summed E-state index contributed by atoms with van der Waals surface area (Å²) < 4.78 is 27.0. The number of nitrogens with zero attached hydrogens (tertiary/aromatic N) is 1. The van der Waals surface area contributed by atoms with Gasteiger partial charge in [-0.25, -0.2) is 18.4 Å². The first kappa shape index (κ1) is 17.2. The number of carbonyl (C=O) groups is 1. The van der Waals surface area contributed by atoms with Gasteiger partial charge in [-0.2, -0.15) is 0 Å². The summed E-state index contributed by atoms with van der Waals surface area (Å²) in [6, 6.07) is 0.0466. The Bertz CT molecular complexity index is 430. The van der Waals surface area contributed by atoms with Crippen LogP contribution in [0.4, 0.5) is 4.79 Å². The molecule has 0 aromatic carbocycles. The van der Waals surface area contributed by atoms with Crippen molar-refractivity contribution < 1.29 is 17.9 Å². The minimum absolute atomic E-state index is 0.0466. The van der Waals surface area contributed by atoms with E-state index in [-0.39, 0.29) is 24.4 Å². The quantitative estimate of drug-likeness (QED) is 0.710. The molecule has 0 radical (unpaired) electrons. The monoisotopic (exact) mass is 307 g/mol. The van der Waals surface area contributed by atoms with Crippen molar-refractivity contribution >= 4 is 16.1 Å². The normalized spacial score (nSPS) is 20.2. The second-order valence-electron chi connectivity index (χ2n) is 6.04. The molecule has 0 aromatic rings. The highest BCUT2D eigenvalue weighted by molar-refractivity contribution is 7.89. The molecule has 1 rings (SSSR count). The molecule has 20 heavy (non-hydrogen) atoms. The summed E-state index contributed by atoms with van der Waals surface area (Å²) in [5.41, 5.74) is -0.509. The molecule has 1 fully saturated rings. The summed E-state index contributed by atoms with van der Waals surface area (Å²) in [5, 5.41) is 7.95. The second-order valence-corrected chi connectivity index (χ2v) is 7.77. The summed E-state index contributed by atoms with van der Waals surface area (Å²) in [6.07, 6.45) is 1.51. The van der Waals surface area contributed by atoms with Gasteiger partial charge in [-0.05, 0) is 33.6 Å². The first-order chi connectivity index (χ1) is 9.08. The molecule has 0 aliphatic carbocycles. The lowest BCUT2D eigenvalue weighted by atomic mass is 10.2. The lowest BCUT2D eigenvalue weighted by molar-refractivity contribution is 0.0227. The van der Waals surface area contributed by atoms with Gasteiger partial charge in [0.15, 0.2) is 0 Å². The number of primary sulfonamides is 1. The summed E-state index contributed by atoms with van der Waals surface area (Å²) in [4.78, 5) is 13.7. The van der Waals surface area contributed by atoms with Crippen LogP contribution < -0.4 is 10.5 Å². The van der Waals surface area contributed by atoms with Gasteiger partial charge in [0.25, 0.3) is 0 Å². The van der Waals surface area contributed by atoms with Crippen molar-refractivity contribution in [1.29, 1.82) is 0 Å². The van der Waals surface area contributed by atoms with E-state index in [9.17, 15) is 13.2 Å². The molecular weight excluding hydrogens is 282 g/mol. The molecule has 1 heterocycles. The third-order valence-corrected chi connectivity index (χ3v) is 3.72. The van der Waals surface area contributed by atoms with Crippen molar-refractivity contribution in [2.45, 2.75) is 45.3 Å². The fraction of sp³-hybridized carbons (Fsp3) is 0.917. The van der Waals surface area contributed by atoms with Crippen molar-refractivity contribution in [2.75, 3.05) is 25.4 Å². The SMILES string of the molecule is CC(C)(C)OC(=O)N1CCCC1CNCCS(N)(=O)=O. The largest absolute Gasteiger partial charge is 0.444 e. The van der Waals surface area contributed by atoms with Gasteiger partial charge in [0.1, 0.15) is 5.60 Å². The summed E-state index contributed by atoms with van der Waals surface area (Å²) in [7, 11) is -3.44. The maximum atomic E-state index is 12.0. The molecule has 118 valence electrons. The smallest absolute Gasteiger partial charge is 0.410 e. The summed E-state index contributed by atoms with van der Waals surface area (Å²) >= 11 is 0. The molecule has 7 nitrogen and oxygen atoms in total. The summed E-state index contributed by atoms with van der Waals surface area (Å²) in [6.45, 7) is 7.02. The minimum atomic E-state index is -3.44. The molecule has 1 aliphatic heterocycles. The van der Waals surface area contributed by atoms with Crippen LogP contribution in [0.25, 0.3) is 0 Å². The van der Waals surface area contributed by atoms with Gasteiger partial charge in [-0.3, -0.25) is 0 Å². The molecule has 1 aliphatic rings. The van der Waals surface area contributed by atoms with Crippen LogP contribution in [-0.4, -0.2) is 56.4 Å². The Hall–Kier alpha value is -0.860. The van der Waals surface area contributed by atoms with E-state index in [1.54, 1.807) is 4.90 Å². The number of sulfonamides is 1. The lowest BCUT2D eigenvalue weighted by Crippen LogP contribution is -2.44. The zero-order valence-corrected chi connectivity index (χ0v) is 13.2. The Morgan fingerprint density at radius 1 is 1.45 bits per heavy atom. The van der Waals surface area contributed by atoms with Crippen molar-refractivity contribution in [3.63, 3.8) is 0 Å². The second kappa shape index (κ2) is 6.73. The Morgan fingerprint density at radius 2 is 2.10 bits per heavy atom. The topological polar surface area (TPSA) is 102 Å². The fourth-order valence-corrected chi connectivity index (χ4v) is 2.52. The highest BCUT2D eigenvalue weighted by atomic mass is 32.2. The van der Waals surface area contributed by atoms with E-state index in [0.717, 1.165) is 12.8 Å². The van der Waals surface area contributed by atoms with Crippen LogP contribution in [0.15, 0.2) is 0 Å². The van der Waals surface area contributed by atoms with E-state index in [2.05, 4.69) is 5.32 Å². The molecule has 0 bridgehead atoms. The van der Waals surface area contributed by atoms with Crippen molar-refractivity contribution in [1.82, 2.24) is 10.2 Å². The van der Waals surface area contributed by atoms with E-state index in [4.69, 9.17) is 9.88 Å². The first-order valence-electron chi connectivity index (χ1n) is 6.79. The molecule has 0 saturated carbocycles. The number of amides is 1. The number of nitrogens with one attached hydrogen (secondary N) is 1. The summed E-state index contributed by atoms with van der Waals surface area (Å²) in [5.74, 6) is -0.105. The highest BCUT2D eigenvalue weighted by Gasteiger charge is 2.31.